The molecule has 1 aliphatic carbocycles. The van der Waals surface area contributed by atoms with Crippen molar-refractivity contribution >= 4 is 28.4 Å². The van der Waals surface area contributed by atoms with Gasteiger partial charge in [0, 0.05) is 47.8 Å². The van der Waals surface area contributed by atoms with E-state index in [1.807, 2.05) is 24.3 Å². The summed E-state index contributed by atoms with van der Waals surface area (Å²) in [5.74, 6) is -1.70. The average Bonchev–Trinajstić information content (AvgIpc) is 3.11. The number of rotatable bonds is 5. The van der Waals surface area contributed by atoms with Crippen LogP contribution in [0.1, 0.15) is 26.3 Å². The zero-order chi connectivity index (χ0) is 19.8. The van der Waals surface area contributed by atoms with Gasteiger partial charge in [-0.15, -0.1) is 0 Å². The molecule has 3 aromatic rings. The van der Waals surface area contributed by atoms with Crippen LogP contribution >= 0.6 is 0 Å². The Bertz CT molecular complexity index is 1140. The summed E-state index contributed by atoms with van der Waals surface area (Å²) < 4.78 is 0. The number of aromatic nitrogens is 1. The molecule has 1 unspecified atom stereocenters. The number of nitrogens with zero attached hydrogens (tertiary/aromatic N) is 1. The lowest BCUT2D eigenvalue weighted by molar-refractivity contribution is -0.141. The van der Waals surface area contributed by atoms with E-state index in [0.29, 0.717) is 11.1 Å². The zero-order valence-corrected chi connectivity index (χ0v) is 15.2. The van der Waals surface area contributed by atoms with Gasteiger partial charge in [-0.25, -0.2) is 4.79 Å². The summed E-state index contributed by atoms with van der Waals surface area (Å²) in [4.78, 5) is 41.8. The van der Waals surface area contributed by atoms with E-state index in [0.717, 1.165) is 16.5 Å². The lowest BCUT2D eigenvalue weighted by Gasteiger charge is -2.30. The Morgan fingerprint density at radius 1 is 1.07 bits per heavy atom. The number of benzene rings is 2. The topological polar surface area (TPSA) is 90.5 Å². The van der Waals surface area contributed by atoms with Crippen LogP contribution in [0.25, 0.3) is 10.9 Å². The highest BCUT2D eigenvalue weighted by molar-refractivity contribution is 6.24. The van der Waals surface area contributed by atoms with Gasteiger partial charge in [0.05, 0.1) is 5.70 Å². The first-order valence-electron chi connectivity index (χ1n) is 8.87. The number of hydrogen-bond acceptors (Lipinski definition) is 4. The van der Waals surface area contributed by atoms with Crippen molar-refractivity contribution in [1.82, 2.24) is 9.88 Å². The van der Waals surface area contributed by atoms with Gasteiger partial charge in [-0.05, 0) is 11.6 Å². The summed E-state index contributed by atoms with van der Waals surface area (Å²) in [6, 6.07) is 13.2. The van der Waals surface area contributed by atoms with Gasteiger partial charge in [0.15, 0.2) is 5.78 Å². The molecule has 6 nitrogen and oxygen atoms in total. The third kappa shape index (κ3) is 2.89. The number of ketones is 2. The van der Waals surface area contributed by atoms with Crippen LogP contribution in [0.3, 0.4) is 0 Å². The fourth-order valence-corrected chi connectivity index (χ4v) is 3.63. The lowest BCUT2D eigenvalue weighted by atomic mass is 9.91. The molecule has 2 N–H and O–H groups in total. The second kappa shape index (κ2) is 6.81. The number of carboxylic acid groups (broad SMARTS) is 1. The van der Waals surface area contributed by atoms with Crippen molar-refractivity contribution < 1.29 is 19.5 Å². The molecular formula is C22H18N2O4. The Morgan fingerprint density at radius 2 is 1.75 bits per heavy atom. The minimum Gasteiger partial charge on any atom is -0.480 e. The molecule has 1 aliphatic rings. The molecule has 0 spiro atoms. The molecular weight excluding hydrogens is 356 g/mol. The van der Waals surface area contributed by atoms with Gasteiger partial charge in [0.1, 0.15) is 6.04 Å². The lowest BCUT2D eigenvalue weighted by Crippen LogP contribution is -2.42. The number of para-hydroxylation sites is 1. The van der Waals surface area contributed by atoms with E-state index in [-0.39, 0.29) is 23.7 Å². The van der Waals surface area contributed by atoms with E-state index in [2.05, 4.69) is 4.98 Å². The van der Waals surface area contributed by atoms with E-state index in [1.54, 1.807) is 37.5 Å². The number of H-pyrrole nitrogens is 1. The number of nitrogens with one attached hydrogen (secondary N) is 1. The molecule has 1 heterocycles. The minimum absolute atomic E-state index is 0.0935. The van der Waals surface area contributed by atoms with Crippen LogP contribution in [0.15, 0.2) is 66.5 Å². The van der Waals surface area contributed by atoms with Crippen LogP contribution in [0, 0.1) is 0 Å². The summed E-state index contributed by atoms with van der Waals surface area (Å²) in [6.45, 7) is 0. The molecule has 0 aliphatic heterocycles. The molecule has 0 bridgehead atoms. The molecule has 0 radical (unpaired) electrons. The molecule has 1 atom stereocenters. The van der Waals surface area contributed by atoms with Crippen LogP contribution < -0.4 is 0 Å². The zero-order valence-electron chi connectivity index (χ0n) is 15.2. The molecule has 0 saturated carbocycles. The fraction of sp³-hybridized carbons (Fsp3) is 0.136. The first kappa shape index (κ1) is 17.7. The van der Waals surface area contributed by atoms with Crippen molar-refractivity contribution in [2.75, 3.05) is 7.05 Å². The highest BCUT2D eigenvalue weighted by Crippen LogP contribution is 2.26. The van der Waals surface area contributed by atoms with Gasteiger partial charge in [-0.1, -0.05) is 42.5 Å². The van der Waals surface area contributed by atoms with E-state index in [1.165, 1.54) is 11.0 Å². The Morgan fingerprint density at radius 3 is 2.50 bits per heavy atom. The monoisotopic (exact) mass is 374 g/mol. The molecule has 1 aromatic heterocycles. The van der Waals surface area contributed by atoms with Gasteiger partial charge in [-0.3, -0.25) is 9.59 Å². The van der Waals surface area contributed by atoms with Crippen LogP contribution in [0.2, 0.25) is 0 Å². The SMILES string of the molecule is CN(C1=CC(=O)c2ccccc2C1=O)C(Cc1c[nH]c2ccccc12)C(=O)O. The van der Waals surface area contributed by atoms with Crippen molar-refractivity contribution in [1.29, 1.82) is 0 Å². The largest absolute Gasteiger partial charge is 0.480 e. The number of carbonyl (C=O) groups excluding carboxylic acids is 2. The van der Waals surface area contributed by atoms with Gasteiger partial charge < -0.3 is 15.0 Å². The number of carbonyl (C=O) groups is 3. The van der Waals surface area contributed by atoms with Crippen molar-refractivity contribution in [2.24, 2.45) is 0 Å². The van der Waals surface area contributed by atoms with Gasteiger partial charge in [0.25, 0.3) is 0 Å². The van der Waals surface area contributed by atoms with Crippen LogP contribution in [0.5, 0.6) is 0 Å². The maximum absolute atomic E-state index is 12.9. The standard InChI is InChI=1S/C22H18N2O4/c1-24(18-11-20(25)15-7-2-3-8-16(15)21(18)26)19(22(27)28)10-13-12-23-17-9-5-4-6-14(13)17/h2-9,11-12,19,23H,10H2,1H3,(H,27,28). The highest BCUT2D eigenvalue weighted by Gasteiger charge is 2.33. The normalized spacial score (nSPS) is 14.5. The maximum Gasteiger partial charge on any atom is 0.326 e. The summed E-state index contributed by atoms with van der Waals surface area (Å²) in [7, 11) is 1.54. The molecule has 28 heavy (non-hydrogen) atoms. The number of allylic oxidation sites excluding steroid dienone is 2. The summed E-state index contributed by atoms with van der Waals surface area (Å²) in [5.41, 5.74) is 2.49. The molecule has 0 amide bonds. The molecule has 140 valence electrons. The highest BCUT2D eigenvalue weighted by atomic mass is 16.4. The molecule has 4 rings (SSSR count). The Labute approximate surface area is 161 Å². The average molecular weight is 374 g/mol. The number of hydrogen-bond donors (Lipinski definition) is 2. The number of Topliss-reactive ketones (excluding diaryl/α,β-unsaturated/α-hetero) is 1. The second-order valence-electron chi connectivity index (χ2n) is 6.80. The first-order valence-corrected chi connectivity index (χ1v) is 8.87. The quantitative estimate of drug-likeness (QED) is 0.716. The van der Waals surface area contributed by atoms with E-state index < -0.39 is 12.0 Å². The predicted octanol–water partition coefficient (Wildman–Crippen LogP) is 3.06. The summed E-state index contributed by atoms with van der Waals surface area (Å²) >= 11 is 0. The van der Waals surface area contributed by atoms with Gasteiger partial charge in [0.2, 0.25) is 5.78 Å². The molecule has 0 fully saturated rings. The smallest absolute Gasteiger partial charge is 0.326 e. The summed E-state index contributed by atoms with van der Waals surface area (Å²) in [5, 5.41) is 10.8. The van der Waals surface area contributed by atoms with E-state index in [9.17, 15) is 19.5 Å². The Balaban J connectivity index is 1.68. The van der Waals surface area contributed by atoms with Crippen LogP contribution in [-0.4, -0.2) is 45.6 Å². The minimum atomic E-state index is -1.06. The third-order valence-corrected chi connectivity index (χ3v) is 5.16. The van der Waals surface area contributed by atoms with E-state index in [4.69, 9.17) is 0 Å². The number of aliphatic carboxylic acids is 1. The number of fused-ring (bicyclic) bond motifs is 2. The van der Waals surface area contributed by atoms with E-state index >= 15 is 0 Å². The van der Waals surface area contributed by atoms with Crippen LogP contribution in [-0.2, 0) is 11.2 Å². The molecule has 2 aromatic carbocycles. The third-order valence-electron chi connectivity index (χ3n) is 5.16. The number of aromatic amines is 1. The second-order valence-corrected chi connectivity index (χ2v) is 6.80. The molecule has 0 saturated heterocycles. The molecule has 6 heteroatoms. The number of carboxylic acids is 1. The van der Waals surface area contributed by atoms with Crippen LogP contribution in [0.4, 0.5) is 0 Å². The fourth-order valence-electron chi connectivity index (χ4n) is 3.63. The first-order chi connectivity index (χ1) is 13.5. The number of likely N-dealkylation sites (N-methyl/N-ethyl adjacent to an activating group) is 1. The van der Waals surface area contributed by atoms with Crippen molar-refractivity contribution in [3.63, 3.8) is 0 Å². The predicted molar refractivity (Wildman–Crippen MR) is 104 cm³/mol. The Hall–Kier alpha value is -3.67. The Kier molecular flexibility index (Phi) is 4.31. The van der Waals surface area contributed by atoms with Gasteiger partial charge in [-0.2, -0.15) is 0 Å². The summed E-state index contributed by atoms with van der Waals surface area (Å²) in [6.07, 6.45) is 3.21. The van der Waals surface area contributed by atoms with Crippen molar-refractivity contribution in [3.05, 3.63) is 83.2 Å². The van der Waals surface area contributed by atoms with Gasteiger partial charge >= 0.3 is 5.97 Å². The van der Waals surface area contributed by atoms with Crippen molar-refractivity contribution in [3.8, 4) is 0 Å². The maximum atomic E-state index is 12.9. The van der Waals surface area contributed by atoms with Crippen molar-refractivity contribution in [2.45, 2.75) is 12.5 Å².